The van der Waals surface area contributed by atoms with Crippen molar-refractivity contribution in [3.05, 3.63) is 46.0 Å². The maximum Gasteiger partial charge on any atom is 0.162 e. The van der Waals surface area contributed by atoms with Crippen LogP contribution in [-0.2, 0) is 6.54 Å². The molecule has 5 heteroatoms. The van der Waals surface area contributed by atoms with Gasteiger partial charge in [-0.25, -0.2) is 0 Å². The fraction of sp³-hybridized carbons (Fsp3) is 0.250. The Morgan fingerprint density at radius 2 is 1.81 bits per heavy atom. The highest BCUT2D eigenvalue weighted by atomic mass is 35.5. The first kappa shape index (κ1) is 15.3. The number of ether oxygens (including phenoxy) is 1. The second-order valence-corrected chi connectivity index (χ2v) is 5.36. The summed E-state index contributed by atoms with van der Waals surface area (Å²) in [6.07, 6.45) is 0. The summed E-state index contributed by atoms with van der Waals surface area (Å²) in [5.41, 5.74) is 3.25. The summed E-state index contributed by atoms with van der Waals surface area (Å²) in [7, 11) is 1.48. The van der Waals surface area contributed by atoms with Crippen LogP contribution in [0.15, 0.2) is 24.3 Å². The minimum absolute atomic E-state index is 0.0718. The Hall–Kier alpha value is -2.07. The quantitative estimate of drug-likeness (QED) is 0.747. The van der Waals surface area contributed by atoms with E-state index >= 15 is 0 Å². The average molecular weight is 308 g/mol. The van der Waals surface area contributed by atoms with Crippen molar-refractivity contribution in [3.8, 4) is 17.2 Å². The van der Waals surface area contributed by atoms with Gasteiger partial charge in [-0.3, -0.25) is 0 Å². The minimum Gasteiger partial charge on any atom is -0.508 e. The Morgan fingerprint density at radius 3 is 2.48 bits per heavy atom. The minimum atomic E-state index is 0.0718. The zero-order chi connectivity index (χ0) is 15.6. The van der Waals surface area contributed by atoms with Gasteiger partial charge in [0.15, 0.2) is 11.5 Å². The van der Waals surface area contributed by atoms with Gasteiger partial charge >= 0.3 is 0 Å². The summed E-state index contributed by atoms with van der Waals surface area (Å²) < 4.78 is 5.08. The van der Waals surface area contributed by atoms with Gasteiger partial charge in [0, 0.05) is 28.9 Å². The lowest BCUT2D eigenvalue weighted by Crippen LogP contribution is -2.02. The number of hydrogen-bond acceptors (Lipinski definition) is 4. The number of nitrogens with one attached hydrogen (secondary N) is 1. The average Bonchev–Trinajstić information content (AvgIpc) is 2.44. The van der Waals surface area contributed by atoms with Gasteiger partial charge in [0.25, 0.3) is 0 Å². The van der Waals surface area contributed by atoms with Crippen molar-refractivity contribution >= 4 is 17.3 Å². The number of hydrogen-bond donors (Lipinski definition) is 3. The van der Waals surface area contributed by atoms with Gasteiger partial charge in [-0.1, -0.05) is 11.6 Å². The highest BCUT2D eigenvalue weighted by molar-refractivity contribution is 6.30. The van der Waals surface area contributed by atoms with Crippen molar-refractivity contribution in [3.63, 3.8) is 0 Å². The first-order valence-corrected chi connectivity index (χ1v) is 6.89. The normalized spacial score (nSPS) is 10.5. The lowest BCUT2D eigenvalue weighted by atomic mass is 10.1. The van der Waals surface area contributed by atoms with Crippen molar-refractivity contribution < 1.29 is 14.9 Å². The number of benzene rings is 2. The van der Waals surface area contributed by atoms with Gasteiger partial charge in [-0.2, -0.15) is 0 Å². The number of rotatable bonds is 4. The Kier molecular flexibility index (Phi) is 4.48. The molecule has 0 aliphatic heterocycles. The summed E-state index contributed by atoms with van der Waals surface area (Å²) >= 11 is 6.01. The van der Waals surface area contributed by atoms with Crippen molar-refractivity contribution in [2.75, 3.05) is 12.4 Å². The number of phenolic OH excluding ortho intramolecular Hbond substituents is 2. The van der Waals surface area contributed by atoms with E-state index < -0.39 is 0 Å². The third-order valence-electron chi connectivity index (χ3n) is 3.35. The summed E-state index contributed by atoms with van der Waals surface area (Å²) in [5, 5.41) is 23.5. The Morgan fingerprint density at radius 1 is 1.10 bits per heavy atom. The lowest BCUT2D eigenvalue weighted by Gasteiger charge is -2.14. The molecule has 0 amide bonds. The van der Waals surface area contributed by atoms with E-state index in [4.69, 9.17) is 16.3 Å². The summed E-state index contributed by atoms with van der Waals surface area (Å²) in [6.45, 7) is 4.13. The van der Waals surface area contributed by atoms with E-state index in [0.29, 0.717) is 22.9 Å². The van der Waals surface area contributed by atoms with E-state index in [1.54, 1.807) is 18.2 Å². The van der Waals surface area contributed by atoms with Gasteiger partial charge in [0.1, 0.15) is 5.75 Å². The molecule has 2 aromatic rings. The maximum absolute atomic E-state index is 10.1. The molecule has 112 valence electrons. The Balaban J connectivity index is 2.24. The van der Waals surface area contributed by atoms with Crippen molar-refractivity contribution in [1.82, 2.24) is 0 Å². The van der Waals surface area contributed by atoms with Crippen molar-refractivity contribution in [2.24, 2.45) is 0 Å². The van der Waals surface area contributed by atoms with Crippen LogP contribution in [-0.4, -0.2) is 17.3 Å². The molecule has 0 radical (unpaired) electrons. The van der Waals surface area contributed by atoms with Gasteiger partial charge in [-0.05, 0) is 43.2 Å². The zero-order valence-corrected chi connectivity index (χ0v) is 13.0. The number of anilines is 1. The Labute approximate surface area is 129 Å². The monoisotopic (exact) mass is 307 g/mol. The number of methoxy groups -OCH3 is 1. The summed E-state index contributed by atoms with van der Waals surface area (Å²) in [6, 6.07) is 6.82. The van der Waals surface area contributed by atoms with Gasteiger partial charge < -0.3 is 20.3 Å². The largest absolute Gasteiger partial charge is 0.508 e. The first-order chi connectivity index (χ1) is 9.92. The van der Waals surface area contributed by atoms with E-state index in [-0.39, 0.29) is 11.5 Å². The molecule has 2 rings (SSSR count). The Bertz CT molecular complexity index is 671. The SMILES string of the molecule is COc1cc(Cl)cc(CNc2cc(C)c(O)cc2C)c1O. The van der Waals surface area contributed by atoms with E-state index in [9.17, 15) is 10.2 Å². The molecule has 0 aliphatic rings. The van der Waals surface area contributed by atoms with Crippen LogP contribution in [0.2, 0.25) is 5.02 Å². The van der Waals surface area contributed by atoms with Crippen LogP contribution in [0.3, 0.4) is 0 Å². The molecule has 4 nitrogen and oxygen atoms in total. The summed E-state index contributed by atoms with van der Waals surface area (Å²) in [5.74, 6) is 0.686. The molecule has 0 aliphatic carbocycles. The molecular weight excluding hydrogens is 290 g/mol. The van der Waals surface area contributed by atoms with Crippen LogP contribution in [0.1, 0.15) is 16.7 Å². The topological polar surface area (TPSA) is 61.7 Å². The molecule has 0 saturated heterocycles. The van der Waals surface area contributed by atoms with E-state index in [2.05, 4.69) is 5.32 Å². The predicted octanol–water partition coefficient (Wildman–Crippen LogP) is 3.99. The standard InChI is InChI=1S/C16H18ClNO3/c1-9-5-14(19)10(2)4-13(9)18-8-11-6-12(17)7-15(21-3)16(11)20/h4-7,18-20H,8H2,1-3H3. The van der Waals surface area contributed by atoms with Gasteiger partial charge in [0.05, 0.1) is 7.11 Å². The van der Waals surface area contributed by atoms with Crippen molar-refractivity contribution in [2.45, 2.75) is 20.4 Å². The van der Waals surface area contributed by atoms with Crippen LogP contribution in [0.4, 0.5) is 5.69 Å². The highest BCUT2D eigenvalue weighted by Gasteiger charge is 2.11. The highest BCUT2D eigenvalue weighted by Crippen LogP contribution is 2.34. The van der Waals surface area contributed by atoms with Crippen molar-refractivity contribution in [1.29, 1.82) is 0 Å². The fourth-order valence-electron chi connectivity index (χ4n) is 2.10. The first-order valence-electron chi connectivity index (χ1n) is 6.52. The molecule has 0 fully saturated rings. The molecule has 0 atom stereocenters. The molecule has 21 heavy (non-hydrogen) atoms. The molecule has 3 N–H and O–H groups in total. The van der Waals surface area contributed by atoms with Crippen LogP contribution >= 0.6 is 11.6 Å². The third-order valence-corrected chi connectivity index (χ3v) is 3.57. The van der Waals surface area contributed by atoms with Crippen LogP contribution in [0, 0.1) is 13.8 Å². The smallest absolute Gasteiger partial charge is 0.162 e. The van der Waals surface area contributed by atoms with Gasteiger partial charge in [0.2, 0.25) is 0 Å². The molecule has 2 aromatic carbocycles. The second kappa shape index (κ2) is 6.14. The number of aromatic hydroxyl groups is 2. The molecule has 0 spiro atoms. The van der Waals surface area contributed by atoms with E-state index in [1.807, 2.05) is 19.9 Å². The maximum atomic E-state index is 10.1. The molecule has 0 saturated carbocycles. The lowest BCUT2D eigenvalue weighted by molar-refractivity contribution is 0.371. The predicted molar refractivity (Wildman–Crippen MR) is 84.6 cm³/mol. The molecular formula is C16H18ClNO3. The van der Waals surface area contributed by atoms with Gasteiger partial charge in [-0.15, -0.1) is 0 Å². The third kappa shape index (κ3) is 3.34. The number of phenols is 2. The van der Waals surface area contributed by atoms with E-state index in [1.165, 1.54) is 7.11 Å². The molecule has 0 bridgehead atoms. The molecule has 0 heterocycles. The number of halogens is 1. The van der Waals surface area contributed by atoms with Crippen LogP contribution < -0.4 is 10.1 Å². The van der Waals surface area contributed by atoms with E-state index in [0.717, 1.165) is 16.8 Å². The molecule has 0 aromatic heterocycles. The van der Waals surface area contributed by atoms with Crippen LogP contribution in [0.5, 0.6) is 17.2 Å². The fourth-order valence-corrected chi connectivity index (χ4v) is 2.33. The zero-order valence-electron chi connectivity index (χ0n) is 12.2. The summed E-state index contributed by atoms with van der Waals surface area (Å²) in [4.78, 5) is 0. The van der Waals surface area contributed by atoms with Crippen LogP contribution in [0.25, 0.3) is 0 Å². The second-order valence-electron chi connectivity index (χ2n) is 4.92. The molecule has 0 unspecified atom stereocenters. The number of aryl methyl sites for hydroxylation is 2.